The molecular formula is C22H18N2O2. The number of carbonyl (C=O) groups excluding carboxylic acids is 2. The molecule has 0 unspecified atom stereocenters. The number of hydrazine groups is 1. The van der Waals surface area contributed by atoms with E-state index in [1.54, 1.807) is 36.4 Å². The second-order valence-electron chi connectivity index (χ2n) is 5.61. The number of allylic oxidation sites excluding steroid dienone is 1. The molecule has 0 bridgehead atoms. The molecule has 0 aliphatic heterocycles. The van der Waals surface area contributed by atoms with Crippen LogP contribution in [0.4, 0.5) is 0 Å². The predicted octanol–water partition coefficient (Wildman–Crippen LogP) is 3.98. The van der Waals surface area contributed by atoms with Crippen molar-refractivity contribution >= 4 is 11.7 Å². The van der Waals surface area contributed by atoms with E-state index in [1.807, 2.05) is 48.5 Å². The lowest BCUT2D eigenvalue weighted by atomic mass is 10.0. The molecule has 3 aromatic rings. The topological polar surface area (TPSA) is 58.2 Å². The zero-order valence-corrected chi connectivity index (χ0v) is 14.1. The highest BCUT2D eigenvalue weighted by Gasteiger charge is 2.05. The van der Waals surface area contributed by atoms with Crippen molar-refractivity contribution in [3.05, 3.63) is 108 Å². The number of benzene rings is 3. The molecule has 0 heterocycles. The van der Waals surface area contributed by atoms with Crippen LogP contribution in [0.1, 0.15) is 20.7 Å². The van der Waals surface area contributed by atoms with Crippen molar-refractivity contribution in [3.63, 3.8) is 0 Å². The van der Waals surface area contributed by atoms with Crippen LogP contribution in [-0.4, -0.2) is 11.7 Å². The van der Waals surface area contributed by atoms with Gasteiger partial charge in [-0.05, 0) is 23.3 Å². The van der Waals surface area contributed by atoms with E-state index in [1.165, 1.54) is 12.3 Å². The minimum Gasteiger partial charge on any atom is -0.305 e. The van der Waals surface area contributed by atoms with E-state index in [2.05, 4.69) is 10.9 Å². The SMILES string of the molecule is O=C(/C=C/NNC(=O)c1ccc(-c2ccccc2)cc1)c1ccccc1. The first-order valence-corrected chi connectivity index (χ1v) is 8.21. The lowest BCUT2D eigenvalue weighted by Crippen LogP contribution is -2.33. The molecule has 0 fully saturated rings. The fraction of sp³-hybridized carbons (Fsp3) is 0. The second kappa shape index (κ2) is 8.44. The highest BCUT2D eigenvalue weighted by Crippen LogP contribution is 2.19. The normalized spacial score (nSPS) is 10.5. The van der Waals surface area contributed by atoms with E-state index in [4.69, 9.17) is 0 Å². The number of hydrogen-bond donors (Lipinski definition) is 2. The van der Waals surface area contributed by atoms with Crippen LogP contribution in [0.3, 0.4) is 0 Å². The summed E-state index contributed by atoms with van der Waals surface area (Å²) in [6, 6.07) is 26.2. The second-order valence-corrected chi connectivity index (χ2v) is 5.61. The number of hydrogen-bond acceptors (Lipinski definition) is 3. The molecule has 0 spiro atoms. The third-order valence-corrected chi connectivity index (χ3v) is 3.82. The van der Waals surface area contributed by atoms with Crippen molar-refractivity contribution < 1.29 is 9.59 Å². The molecule has 0 saturated heterocycles. The van der Waals surface area contributed by atoms with E-state index in [0.29, 0.717) is 11.1 Å². The summed E-state index contributed by atoms with van der Waals surface area (Å²) < 4.78 is 0. The Labute approximate surface area is 152 Å². The molecule has 0 saturated carbocycles. The van der Waals surface area contributed by atoms with Gasteiger partial charge >= 0.3 is 0 Å². The molecule has 0 aliphatic carbocycles. The van der Waals surface area contributed by atoms with Gasteiger partial charge in [0.2, 0.25) is 0 Å². The summed E-state index contributed by atoms with van der Waals surface area (Å²) in [6.45, 7) is 0. The summed E-state index contributed by atoms with van der Waals surface area (Å²) in [5, 5.41) is 0. The van der Waals surface area contributed by atoms with Gasteiger partial charge in [-0.25, -0.2) is 0 Å². The van der Waals surface area contributed by atoms with E-state index in [-0.39, 0.29) is 11.7 Å². The number of rotatable bonds is 6. The average molecular weight is 342 g/mol. The summed E-state index contributed by atoms with van der Waals surface area (Å²) in [7, 11) is 0. The van der Waals surface area contributed by atoms with Gasteiger partial charge in [-0.15, -0.1) is 0 Å². The highest BCUT2D eigenvalue weighted by atomic mass is 16.2. The number of ketones is 1. The third-order valence-electron chi connectivity index (χ3n) is 3.82. The van der Waals surface area contributed by atoms with Crippen LogP contribution >= 0.6 is 0 Å². The molecule has 2 N–H and O–H groups in total. The largest absolute Gasteiger partial charge is 0.305 e. The average Bonchev–Trinajstić information content (AvgIpc) is 2.72. The van der Waals surface area contributed by atoms with Gasteiger partial charge in [0.25, 0.3) is 5.91 Å². The predicted molar refractivity (Wildman–Crippen MR) is 102 cm³/mol. The quantitative estimate of drug-likeness (QED) is 0.405. The van der Waals surface area contributed by atoms with Crippen molar-refractivity contribution in [3.8, 4) is 11.1 Å². The molecule has 3 rings (SSSR count). The molecule has 0 radical (unpaired) electrons. The Balaban J connectivity index is 1.54. The Hall–Kier alpha value is -3.66. The standard InChI is InChI=1S/C22H18N2O2/c25-21(19-9-5-2-6-10-19)15-16-23-24-22(26)20-13-11-18(12-14-20)17-7-3-1-4-8-17/h1-16,23H,(H,24,26)/b16-15+. The van der Waals surface area contributed by atoms with E-state index in [9.17, 15) is 9.59 Å². The number of amides is 1. The van der Waals surface area contributed by atoms with Crippen molar-refractivity contribution in [2.24, 2.45) is 0 Å². The maximum atomic E-state index is 12.1. The molecule has 0 aliphatic rings. The van der Waals surface area contributed by atoms with Crippen LogP contribution in [-0.2, 0) is 0 Å². The minimum atomic E-state index is -0.276. The van der Waals surface area contributed by atoms with Gasteiger partial charge in [-0.3, -0.25) is 15.0 Å². The Morgan fingerprint density at radius 1 is 0.654 bits per heavy atom. The molecule has 4 heteroatoms. The van der Waals surface area contributed by atoms with Gasteiger partial charge in [0.05, 0.1) is 0 Å². The number of nitrogens with one attached hydrogen (secondary N) is 2. The molecular weight excluding hydrogens is 324 g/mol. The molecule has 26 heavy (non-hydrogen) atoms. The van der Waals surface area contributed by atoms with Crippen LogP contribution in [0.25, 0.3) is 11.1 Å². The molecule has 4 nitrogen and oxygen atoms in total. The lowest BCUT2D eigenvalue weighted by Gasteiger charge is -2.06. The van der Waals surface area contributed by atoms with Crippen molar-refractivity contribution in [1.29, 1.82) is 0 Å². The Morgan fingerprint density at radius 2 is 1.23 bits per heavy atom. The van der Waals surface area contributed by atoms with Crippen LogP contribution in [0, 0.1) is 0 Å². The van der Waals surface area contributed by atoms with E-state index in [0.717, 1.165) is 11.1 Å². The van der Waals surface area contributed by atoms with Crippen LogP contribution in [0.5, 0.6) is 0 Å². The summed E-state index contributed by atoms with van der Waals surface area (Å²) in [6.07, 6.45) is 2.78. The molecule has 1 amide bonds. The van der Waals surface area contributed by atoms with Crippen molar-refractivity contribution in [2.45, 2.75) is 0 Å². The first kappa shape index (κ1) is 17.2. The van der Waals surface area contributed by atoms with Crippen LogP contribution < -0.4 is 10.9 Å². The minimum absolute atomic E-state index is 0.139. The molecule has 0 aromatic heterocycles. The van der Waals surface area contributed by atoms with Crippen molar-refractivity contribution in [2.75, 3.05) is 0 Å². The van der Waals surface area contributed by atoms with Crippen LogP contribution in [0.15, 0.2) is 97.2 Å². The maximum Gasteiger partial charge on any atom is 0.269 e. The fourth-order valence-electron chi connectivity index (χ4n) is 2.44. The van der Waals surface area contributed by atoms with Gasteiger partial charge < -0.3 is 5.43 Å². The van der Waals surface area contributed by atoms with Gasteiger partial charge in [0.1, 0.15) is 0 Å². The smallest absolute Gasteiger partial charge is 0.269 e. The van der Waals surface area contributed by atoms with Gasteiger partial charge in [0.15, 0.2) is 5.78 Å². The fourth-order valence-corrected chi connectivity index (χ4v) is 2.44. The Kier molecular flexibility index (Phi) is 5.58. The highest BCUT2D eigenvalue weighted by molar-refractivity contribution is 6.04. The third kappa shape index (κ3) is 4.45. The summed E-state index contributed by atoms with van der Waals surface area (Å²) in [5.41, 5.74) is 8.43. The van der Waals surface area contributed by atoms with Gasteiger partial charge in [-0.1, -0.05) is 72.8 Å². The zero-order chi connectivity index (χ0) is 18.2. The van der Waals surface area contributed by atoms with Crippen LogP contribution in [0.2, 0.25) is 0 Å². The Bertz CT molecular complexity index is 902. The van der Waals surface area contributed by atoms with E-state index < -0.39 is 0 Å². The maximum absolute atomic E-state index is 12.1. The Morgan fingerprint density at radius 3 is 1.88 bits per heavy atom. The monoisotopic (exact) mass is 342 g/mol. The molecule has 3 aromatic carbocycles. The zero-order valence-electron chi connectivity index (χ0n) is 14.1. The van der Waals surface area contributed by atoms with E-state index >= 15 is 0 Å². The number of carbonyl (C=O) groups is 2. The van der Waals surface area contributed by atoms with Gasteiger partial charge in [0, 0.05) is 23.4 Å². The van der Waals surface area contributed by atoms with Crippen molar-refractivity contribution in [1.82, 2.24) is 10.9 Å². The molecule has 128 valence electrons. The first-order chi connectivity index (χ1) is 12.7. The first-order valence-electron chi connectivity index (χ1n) is 8.21. The lowest BCUT2D eigenvalue weighted by molar-refractivity contribution is 0.0939. The summed E-state index contributed by atoms with van der Waals surface area (Å²) in [4.78, 5) is 24.0. The molecule has 0 atom stereocenters. The van der Waals surface area contributed by atoms with Gasteiger partial charge in [-0.2, -0.15) is 0 Å². The summed E-state index contributed by atoms with van der Waals surface area (Å²) in [5.74, 6) is -0.416. The summed E-state index contributed by atoms with van der Waals surface area (Å²) >= 11 is 0.